The first-order chi connectivity index (χ1) is 9.11. The Kier molecular flexibility index (Phi) is 4.37. The van der Waals surface area contributed by atoms with Crippen LogP contribution in [0.5, 0.6) is 5.75 Å². The van der Waals surface area contributed by atoms with Crippen LogP contribution in [-0.2, 0) is 11.2 Å². The summed E-state index contributed by atoms with van der Waals surface area (Å²) in [5.41, 5.74) is 7.63. The van der Waals surface area contributed by atoms with E-state index in [0.29, 0.717) is 11.7 Å². The van der Waals surface area contributed by atoms with Crippen molar-refractivity contribution in [2.45, 2.75) is 31.2 Å². The minimum Gasteiger partial charge on any atom is -0.491 e. The van der Waals surface area contributed by atoms with Gasteiger partial charge in [-0.05, 0) is 48.4 Å². The van der Waals surface area contributed by atoms with Gasteiger partial charge in [0.05, 0.1) is 0 Å². The van der Waals surface area contributed by atoms with Gasteiger partial charge in [-0.15, -0.1) is 0 Å². The normalized spacial score (nSPS) is 16.1. The molecular weight excluding hydrogens is 249 g/mol. The largest absolute Gasteiger partial charge is 0.491 e. The maximum Gasteiger partial charge on any atom is 0.320 e. The van der Waals surface area contributed by atoms with Gasteiger partial charge in [0.2, 0.25) is 0 Å². The Bertz CT molecular complexity index is 460. The SMILES string of the molecule is N[C@@H](Cc1cc(OCCF)ccc1C1CC1)C(=O)O. The molecule has 0 bridgehead atoms. The molecule has 1 saturated carbocycles. The highest BCUT2D eigenvalue weighted by atomic mass is 19.1. The zero-order valence-corrected chi connectivity index (χ0v) is 10.6. The quantitative estimate of drug-likeness (QED) is 0.791. The average molecular weight is 267 g/mol. The molecule has 0 aromatic heterocycles. The predicted octanol–water partition coefficient (Wildman–Crippen LogP) is 1.87. The van der Waals surface area contributed by atoms with Gasteiger partial charge >= 0.3 is 5.97 Å². The van der Waals surface area contributed by atoms with Crippen LogP contribution in [0.2, 0.25) is 0 Å². The van der Waals surface area contributed by atoms with Crippen LogP contribution >= 0.6 is 0 Å². The van der Waals surface area contributed by atoms with Crippen LogP contribution in [0.15, 0.2) is 18.2 Å². The number of rotatable bonds is 7. The summed E-state index contributed by atoms with van der Waals surface area (Å²) in [5.74, 6) is 0.0534. The highest BCUT2D eigenvalue weighted by Crippen LogP contribution is 2.42. The average Bonchev–Trinajstić information content (AvgIpc) is 3.20. The molecule has 1 aromatic rings. The van der Waals surface area contributed by atoms with Crippen LogP contribution in [0.3, 0.4) is 0 Å². The molecule has 4 nitrogen and oxygen atoms in total. The molecule has 1 aliphatic carbocycles. The molecular formula is C14H18FNO3. The molecule has 3 N–H and O–H groups in total. The fourth-order valence-electron chi connectivity index (χ4n) is 2.12. The lowest BCUT2D eigenvalue weighted by molar-refractivity contribution is -0.138. The van der Waals surface area contributed by atoms with E-state index in [1.807, 2.05) is 6.07 Å². The molecule has 0 heterocycles. The topological polar surface area (TPSA) is 72.5 Å². The summed E-state index contributed by atoms with van der Waals surface area (Å²) >= 11 is 0. The summed E-state index contributed by atoms with van der Waals surface area (Å²) in [6, 6.07) is 4.61. The Balaban J connectivity index is 2.17. The monoisotopic (exact) mass is 267 g/mol. The van der Waals surface area contributed by atoms with Gasteiger partial charge in [-0.25, -0.2) is 4.39 Å². The summed E-state index contributed by atoms with van der Waals surface area (Å²) in [6.45, 7) is -0.540. The molecule has 2 rings (SSSR count). The van der Waals surface area contributed by atoms with Crippen molar-refractivity contribution in [2.24, 2.45) is 5.73 Å². The van der Waals surface area contributed by atoms with Crippen molar-refractivity contribution in [3.8, 4) is 5.75 Å². The first-order valence-corrected chi connectivity index (χ1v) is 6.41. The standard InChI is InChI=1S/C14H18FNO3/c15-5-6-19-11-3-4-12(9-1-2-9)10(7-11)8-13(16)14(17)18/h3-4,7,9,13H,1-2,5-6,8,16H2,(H,17,18)/t13-/m0/s1. The fraction of sp³-hybridized carbons (Fsp3) is 0.500. The summed E-state index contributed by atoms with van der Waals surface area (Å²) in [6.07, 6.45) is 2.52. The van der Waals surface area contributed by atoms with Crippen molar-refractivity contribution in [2.75, 3.05) is 13.3 Å². The number of benzene rings is 1. The van der Waals surface area contributed by atoms with Gasteiger partial charge in [0.25, 0.3) is 0 Å². The minimum atomic E-state index is -1.02. The first kappa shape index (κ1) is 13.8. The lowest BCUT2D eigenvalue weighted by Crippen LogP contribution is -2.32. The number of hydrogen-bond donors (Lipinski definition) is 2. The van der Waals surface area contributed by atoms with Crippen molar-refractivity contribution in [3.05, 3.63) is 29.3 Å². The van der Waals surface area contributed by atoms with Crippen molar-refractivity contribution >= 4 is 5.97 Å². The molecule has 0 saturated heterocycles. The summed E-state index contributed by atoms with van der Waals surface area (Å²) < 4.78 is 17.3. The minimum absolute atomic E-state index is 0.00714. The molecule has 5 heteroatoms. The second-order valence-electron chi connectivity index (χ2n) is 4.82. The maximum atomic E-state index is 12.1. The molecule has 104 valence electrons. The highest BCUT2D eigenvalue weighted by Gasteiger charge is 2.27. The van der Waals surface area contributed by atoms with E-state index in [1.54, 1.807) is 12.1 Å². The van der Waals surface area contributed by atoms with Crippen LogP contribution in [0.4, 0.5) is 4.39 Å². The molecule has 0 spiro atoms. The lowest BCUT2D eigenvalue weighted by atomic mass is 9.97. The van der Waals surface area contributed by atoms with Gasteiger partial charge in [0.1, 0.15) is 25.1 Å². The second kappa shape index (κ2) is 6.02. The van der Waals surface area contributed by atoms with Crippen LogP contribution in [0.25, 0.3) is 0 Å². The molecule has 0 aliphatic heterocycles. The van der Waals surface area contributed by atoms with Gasteiger partial charge in [-0.2, -0.15) is 0 Å². The predicted molar refractivity (Wildman–Crippen MR) is 69.2 cm³/mol. The number of hydrogen-bond acceptors (Lipinski definition) is 3. The third-order valence-electron chi connectivity index (χ3n) is 3.23. The number of nitrogens with two attached hydrogens (primary N) is 1. The zero-order valence-electron chi connectivity index (χ0n) is 10.6. The fourth-order valence-corrected chi connectivity index (χ4v) is 2.12. The molecule has 19 heavy (non-hydrogen) atoms. The molecule has 0 radical (unpaired) electrons. The smallest absolute Gasteiger partial charge is 0.320 e. The number of aliphatic carboxylic acids is 1. The van der Waals surface area contributed by atoms with Crippen LogP contribution in [0, 0.1) is 0 Å². The van der Waals surface area contributed by atoms with Crippen LogP contribution in [0.1, 0.15) is 29.9 Å². The number of halogens is 1. The van der Waals surface area contributed by atoms with E-state index >= 15 is 0 Å². The number of carboxylic acid groups (broad SMARTS) is 1. The third kappa shape index (κ3) is 3.67. The van der Waals surface area contributed by atoms with Gasteiger partial charge in [0, 0.05) is 0 Å². The Hall–Kier alpha value is -1.62. The number of carbonyl (C=O) groups is 1. The second-order valence-corrected chi connectivity index (χ2v) is 4.82. The zero-order chi connectivity index (χ0) is 13.8. The molecule has 0 amide bonds. The van der Waals surface area contributed by atoms with Gasteiger partial charge in [-0.3, -0.25) is 4.79 Å². The van der Waals surface area contributed by atoms with Crippen molar-refractivity contribution in [1.29, 1.82) is 0 Å². The van der Waals surface area contributed by atoms with Crippen LogP contribution < -0.4 is 10.5 Å². The molecule has 1 fully saturated rings. The van der Waals surface area contributed by atoms with Crippen molar-refractivity contribution in [3.63, 3.8) is 0 Å². The summed E-state index contributed by atoms with van der Waals surface area (Å²) in [7, 11) is 0. The lowest BCUT2D eigenvalue weighted by Gasteiger charge is -2.14. The van der Waals surface area contributed by atoms with Crippen molar-refractivity contribution < 1.29 is 19.0 Å². The van der Waals surface area contributed by atoms with Crippen LogP contribution in [-0.4, -0.2) is 30.4 Å². The van der Waals surface area contributed by atoms with E-state index in [2.05, 4.69) is 0 Å². The van der Waals surface area contributed by atoms with Gasteiger partial charge in [0.15, 0.2) is 0 Å². The van der Waals surface area contributed by atoms with E-state index in [1.165, 1.54) is 0 Å². The maximum absolute atomic E-state index is 12.1. The number of alkyl halides is 1. The molecule has 1 atom stereocenters. The van der Waals surface area contributed by atoms with E-state index in [4.69, 9.17) is 15.6 Å². The third-order valence-corrected chi connectivity index (χ3v) is 3.23. The Labute approximate surface area is 111 Å². The van der Waals surface area contributed by atoms with Gasteiger partial charge in [-0.1, -0.05) is 6.07 Å². The van der Waals surface area contributed by atoms with E-state index in [9.17, 15) is 9.18 Å². The summed E-state index contributed by atoms with van der Waals surface area (Å²) in [4.78, 5) is 10.9. The number of carboxylic acids is 1. The highest BCUT2D eigenvalue weighted by molar-refractivity contribution is 5.73. The first-order valence-electron chi connectivity index (χ1n) is 6.41. The number of ether oxygens (including phenoxy) is 1. The Morgan fingerprint density at radius 2 is 2.26 bits per heavy atom. The Morgan fingerprint density at radius 3 is 2.84 bits per heavy atom. The Morgan fingerprint density at radius 1 is 1.53 bits per heavy atom. The molecule has 1 aliphatic rings. The van der Waals surface area contributed by atoms with E-state index in [0.717, 1.165) is 24.0 Å². The van der Waals surface area contributed by atoms with E-state index in [-0.39, 0.29) is 13.0 Å². The summed E-state index contributed by atoms with van der Waals surface area (Å²) in [5, 5.41) is 8.89. The van der Waals surface area contributed by atoms with Crippen molar-refractivity contribution in [1.82, 2.24) is 0 Å². The van der Waals surface area contributed by atoms with Gasteiger partial charge < -0.3 is 15.6 Å². The van der Waals surface area contributed by atoms with E-state index < -0.39 is 18.7 Å². The molecule has 1 aromatic carbocycles. The molecule has 0 unspecified atom stereocenters.